The summed E-state index contributed by atoms with van der Waals surface area (Å²) < 4.78 is 31.5. The number of hydrogen-bond donors (Lipinski definition) is 1. The second-order valence-electron chi connectivity index (χ2n) is 3.42. The standard InChI is InChI=1S/C11H10F2N2O/c1-6(12)10-7(3-2-4-9(10)13)8-5-15-16-11(8)14/h2-6H,14H2,1H3. The molecule has 2 rings (SSSR count). The smallest absolute Gasteiger partial charge is 0.229 e. The summed E-state index contributed by atoms with van der Waals surface area (Å²) in [7, 11) is 0. The average Bonchev–Trinajstić information content (AvgIpc) is 2.63. The third-order valence-corrected chi connectivity index (χ3v) is 2.34. The van der Waals surface area contributed by atoms with E-state index in [9.17, 15) is 8.78 Å². The molecule has 84 valence electrons. The zero-order chi connectivity index (χ0) is 11.7. The van der Waals surface area contributed by atoms with Crippen molar-refractivity contribution in [3.8, 4) is 11.1 Å². The first-order chi connectivity index (χ1) is 7.61. The molecule has 0 aliphatic heterocycles. The molecule has 2 N–H and O–H groups in total. The molecular weight excluding hydrogens is 214 g/mol. The molecule has 0 saturated carbocycles. The molecule has 0 amide bonds. The number of anilines is 1. The van der Waals surface area contributed by atoms with Crippen LogP contribution in [0.3, 0.4) is 0 Å². The lowest BCUT2D eigenvalue weighted by atomic mass is 9.98. The van der Waals surface area contributed by atoms with Crippen LogP contribution in [0.25, 0.3) is 11.1 Å². The fourth-order valence-electron chi connectivity index (χ4n) is 1.63. The maximum Gasteiger partial charge on any atom is 0.229 e. The van der Waals surface area contributed by atoms with E-state index in [1.54, 1.807) is 6.07 Å². The van der Waals surface area contributed by atoms with Gasteiger partial charge in [0.2, 0.25) is 5.88 Å². The van der Waals surface area contributed by atoms with E-state index < -0.39 is 12.0 Å². The maximum absolute atomic E-state index is 13.5. The molecule has 1 atom stereocenters. The number of benzene rings is 1. The summed E-state index contributed by atoms with van der Waals surface area (Å²) in [4.78, 5) is 0. The van der Waals surface area contributed by atoms with Crippen LogP contribution in [0.4, 0.5) is 14.7 Å². The average molecular weight is 224 g/mol. The van der Waals surface area contributed by atoms with Crippen molar-refractivity contribution in [1.29, 1.82) is 0 Å². The molecule has 0 saturated heterocycles. The zero-order valence-electron chi connectivity index (χ0n) is 8.58. The van der Waals surface area contributed by atoms with E-state index in [4.69, 9.17) is 5.73 Å². The Morgan fingerprint density at radius 3 is 2.69 bits per heavy atom. The van der Waals surface area contributed by atoms with E-state index in [1.807, 2.05) is 0 Å². The summed E-state index contributed by atoms with van der Waals surface area (Å²) in [6.45, 7) is 1.27. The molecule has 16 heavy (non-hydrogen) atoms. The van der Waals surface area contributed by atoms with Crippen LogP contribution >= 0.6 is 0 Å². The number of halogens is 2. The quantitative estimate of drug-likeness (QED) is 0.852. The first-order valence-corrected chi connectivity index (χ1v) is 4.74. The van der Waals surface area contributed by atoms with Crippen molar-refractivity contribution >= 4 is 5.88 Å². The van der Waals surface area contributed by atoms with Crippen molar-refractivity contribution in [2.24, 2.45) is 0 Å². The van der Waals surface area contributed by atoms with Crippen LogP contribution in [0, 0.1) is 5.82 Å². The van der Waals surface area contributed by atoms with Gasteiger partial charge in [-0.05, 0) is 18.6 Å². The molecule has 3 nitrogen and oxygen atoms in total. The Morgan fingerprint density at radius 2 is 2.12 bits per heavy atom. The van der Waals surface area contributed by atoms with Crippen LogP contribution < -0.4 is 5.73 Å². The van der Waals surface area contributed by atoms with Gasteiger partial charge in [0.15, 0.2) is 0 Å². The van der Waals surface area contributed by atoms with Gasteiger partial charge in [0.25, 0.3) is 0 Å². The number of nitrogen functional groups attached to an aromatic ring is 1. The maximum atomic E-state index is 13.5. The molecular formula is C11H10F2N2O. The van der Waals surface area contributed by atoms with Gasteiger partial charge in [-0.2, -0.15) is 0 Å². The molecule has 0 radical (unpaired) electrons. The Balaban J connectivity index is 2.66. The third kappa shape index (κ3) is 1.64. The molecule has 1 aromatic heterocycles. The summed E-state index contributed by atoms with van der Waals surface area (Å²) in [5.41, 5.74) is 6.26. The molecule has 0 bridgehead atoms. The minimum absolute atomic E-state index is 0.0302. The lowest BCUT2D eigenvalue weighted by Gasteiger charge is -2.10. The molecule has 2 aromatic rings. The van der Waals surface area contributed by atoms with Crippen LogP contribution in [0.15, 0.2) is 28.9 Å². The summed E-state index contributed by atoms with van der Waals surface area (Å²) in [6, 6.07) is 4.28. The predicted octanol–water partition coefficient (Wildman–Crippen LogP) is 3.09. The van der Waals surface area contributed by atoms with E-state index in [-0.39, 0.29) is 11.4 Å². The lowest BCUT2D eigenvalue weighted by molar-refractivity contribution is 0.362. The topological polar surface area (TPSA) is 52.0 Å². The summed E-state index contributed by atoms with van der Waals surface area (Å²) in [5.74, 6) is -0.555. The number of alkyl halides is 1. The fourth-order valence-corrected chi connectivity index (χ4v) is 1.63. The highest BCUT2D eigenvalue weighted by Gasteiger charge is 2.19. The minimum Gasteiger partial charge on any atom is -0.367 e. The second kappa shape index (κ2) is 3.92. The number of aromatic nitrogens is 1. The zero-order valence-corrected chi connectivity index (χ0v) is 8.58. The van der Waals surface area contributed by atoms with Gasteiger partial charge in [0.05, 0.1) is 11.8 Å². The van der Waals surface area contributed by atoms with Crippen molar-refractivity contribution in [2.45, 2.75) is 13.1 Å². The minimum atomic E-state index is -1.43. The summed E-state index contributed by atoms with van der Waals surface area (Å²) >= 11 is 0. The van der Waals surface area contributed by atoms with Gasteiger partial charge in [0.1, 0.15) is 12.0 Å². The van der Waals surface area contributed by atoms with E-state index in [0.717, 1.165) is 0 Å². The Morgan fingerprint density at radius 1 is 1.38 bits per heavy atom. The van der Waals surface area contributed by atoms with Gasteiger partial charge in [-0.15, -0.1) is 0 Å². The molecule has 0 fully saturated rings. The number of rotatable bonds is 2. The normalized spacial score (nSPS) is 12.7. The van der Waals surface area contributed by atoms with Gasteiger partial charge < -0.3 is 10.3 Å². The summed E-state index contributed by atoms with van der Waals surface area (Å²) in [6.07, 6.45) is -0.0822. The molecule has 0 aliphatic carbocycles. The van der Waals surface area contributed by atoms with Crippen LogP contribution in [-0.4, -0.2) is 5.16 Å². The lowest BCUT2D eigenvalue weighted by Crippen LogP contribution is -1.96. The Hall–Kier alpha value is -1.91. The second-order valence-corrected chi connectivity index (χ2v) is 3.42. The van der Waals surface area contributed by atoms with Crippen LogP contribution in [0.1, 0.15) is 18.7 Å². The Kier molecular flexibility index (Phi) is 2.60. The SMILES string of the molecule is CC(F)c1c(F)cccc1-c1cnoc1N. The van der Waals surface area contributed by atoms with E-state index in [2.05, 4.69) is 9.68 Å². The van der Waals surface area contributed by atoms with Crippen LogP contribution in [0.5, 0.6) is 0 Å². The Bertz CT molecular complexity index is 508. The monoisotopic (exact) mass is 224 g/mol. The molecule has 0 aliphatic rings. The van der Waals surface area contributed by atoms with Gasteiger partial charge in [0, 0.05) is 5.56 Å². The van der Waals surface area contributed by atoms with Crippen molar-refractivity contribution in [2.75, 3.05) is 5.73 Å². The van der Waals surface area contributed by atoms with Crippen molar-refractivity contribution in [3.05, 3.63) is 35.8 Å². The number of nitrogens with zero attached hydrogens (tertiary/aromatic N) is 1. The molecule has 1 aromatic carbocycles. The first kappa shape index (κ1) is 10.6. The molecule has 1 heterocycles. The highest BCUT2D eigenvalue weighted by atomic mass is 19.1. The van der Waals surface area contributed by atoms with Gasteiger partial charge in [-0.1, -0.05) is 17.3 Å². The molecule has 0 spiro atoms. The molecule has 5 heteroatoms. The van der Waals surface area contributed by atoms with Gasteiger partial charge in [-0.25, -0.2) is 8.78 Å². The van der Waals surface area contributed by atoms with E-state index >= 15 is 0 Å². The largest absolute Gasteiger partial charge is 0.367 e. The van der Waals surface area contributed by atoms with Crippen molar-refractivity contribution in [1.82, 2.24) is 5.16 Å². The van der Waals surface area contributed by atoms with Crippen molar-refractivity contribution < 1.29 is 13.3 Å². The number of nitrogens with two attached hydrogens (primary N) is 1. The van der Waals surface area contributed by atoms with Crippen LogP contribution in [-0.2, 0) is 0 Å². The number of hydrogen-bond acceptors (Lipinski definition) is 3. The highest BCUT2D eigenvalue weighted by Crippen LogP contribution is 2.34. The predicted molar refractivity (Wildman–Crippen MR) is 55.8 cm³/mol. The highest BCUT2D eigenvalue weighted by molar-refractivity contribution is 5.75. The van der Waals surface area contributed by atoms with E-state index in [0.29, 0.717) is 11.1 Å². The Labute approximate surface area is 90.9 Å². The van der Waals surface area contributed by atoms with Crippen molar-refractivity contribution in [3.63, 3.8) is 0 Å². The summed E-state index contributed by atoms with van der Waals surface area (Å²) in [5, 5.41) is 3.48. The van der Waals surface area contributed by atoms with Gasteiger partial charge >= 0.3 is 0 Å². The van der Waals surface area contributed by atoms with E-state index in [1.165, 1.54) is 25.3 Å². The van der Waals surface area contributed by atoms with Gasteiger partial charge in [-0.3, -0.25) is 0 Å². The fraction of sp³-hybridized carbons (Fsp3) is 0.182. The first-order valence-electron chi connectivity index (χ1n) is 4.74. The third-order valence-electron chi connectivity index (χ3n) is 2.34. The molecule has 1 unspecified atom stereocenters. The van der Waals surface area contributed by atoms with Crippen LogP contribution in [0.2, 0.25) is 0 Å².